The third kappa shape index (κ3) is 3.23. The van der Waals surface area contributed by atoms with Gasteiger partial charge < -0.3 is 19.8 Å². The molecule has 3 heterocycles. The minimum absolute atomic E-state index is 0.246. The Labute approximate surface area is 132 Å². The molecule has 0 aliphatic heterocycles. The van der Waals surface area contributed by atoms with Crippen LogP contribution < -0.4 is 5.56 Å². The van der Waals surface area contributed by atoms with E-state index in [1.807, 2.05) is 5.38 Å². The monoisotopic (exact) mass is 355 g/mol. The molecule has 0 saturated carbocycles. The molecule has 0 amide bonds. The molecule has 3 rings (SSSR count). The molecule has 3 aromatic heterocycles. The van der Waals surface area contributed by atoms with Gasteiger partial charge in [-0.3, -0.25) is 9.36 Å². The molecule has 0 radical (unpaired) electrons. The lowest BCUT2D eigenvalue weighted by Crippen LogP contribution is -2.05. The third-order valence-corrected chi connectivity index (χ3v) is 5.49. The molecule has 7 nitrogen and oxygen atoms in total. The maximum Gasteiger partial charge on any atom is 0.349 e. The zero-order chi connectivity index (χ0) is 15.7. The van der Waals surface area contributed by atoms with Crippen LogP contribution in [0.25, 0.3) is 17.1 Å². The van der Waals surface area contributed by atoms with Crippen molar-refractivity contribution >= 4 is 47.8 Å². The van der Waals surface area contributed by atoms with Gasteiger partial charge in [-0.2, -0.15) is 0 Å². The zero-order valence-electron chi connectivity index (χ0n) is 10.9. The average Bonchev–Trinajstić information content (AvgIpc) is 3.05. The Morgan fingerprint density at radius 3 is 2.95 bits per heavy atom. The first kappa shape index (κ1) is 15.3. The molecule has 0 spiro atoms. The van der Waals surface area contributed by atoms with Crippen LogP contribution >= 0.6 is 30.7 Å². The van der Waals surface area contributed by atoms with E-state index in [9.17, 15) is 9.36 Å². The number of hydrogen-bond donors (Lipinski definition) is 4. The molecule has 0 saturated heterocycles. The highest BCUT2D eigenvalue weighted by Crippen LogP contribution is 2.41. The highest BCUT2D eigenvalue weighted by Gasteiger charge is 2.13. The number of H-pyrrole nitrogens is 2. The van der Waals surface area contributed by atoms with Crippen LogP contribution in [0.1, 0.15) is 5.56 Å². The summed E-state index contributed by atoms with van der Waals surface area (Å²) in [6, 6.07) is 1.77. The van der Waals surface area contributed by atoms with Crippen molar-refractivity contribution < 1.29 is 14.4 Å². The predicted octanol–water partition coefficient (Wildman–Crippen LogP) is 2.61. The molecule has 0 aliphatic carbocycles. The second-order valence-electron chi connectivity index (χ2n) is 4.28. The quantitative estimate of drug-likeness (QED) is 0.534. The van der Waals surface area contributed by atoms with Gasteiger partial charge in [0.15, 0.2) is 0 Å². The summed E-state index contributed by atoms with van der Waals surface area (Å²) in [5.41, 5.74) is 1.42. The van der Waals surface area contributed by atoms with Crippen LogP contribution in [0, 0.1) is 0 Å². The smallest absolute Gasteiger partial charge is 0.349 e. The fourth-order valence-electron chi connectivity index (χ4n) is 1.79. The van der Waals surface area contributed by atoms with Crippen LogP contribution in [0.4, 0.5) is 0 Å². The Bertz CT molecular complexity index is 953. The van der Waals surface area contributed by atoms with Gasteiger partial charge in [0.1, 0.15) is 11.0 Å². The number of fused-ring (bicyclic) bond motifs is 1. The molecule has 0 bridgehead atoms. The number of hydrogen-bond acceptors (Lipinski definition) is 5. The third-order valence-electron chi connectivity index (χ3n) is 2.74. The van der Waals surface area contributed by atoms with Gasteiger partial charge in [-0.25, -0.2) is 4.98 Å². The molecule has 10 heteroatoms. The Morgan fingerprint density at radius 2 is 2.18 bits per heavy atom. The van der Waals surface area contributed by atoms with Gasteiger partial charge in [0.25, 0.3) is 5.56 Å². The lowest BCUT2D eigenvalue weighted by Gasteiger charge is -1.99. The van der Waals surface area contributed by atoms with E-state index >= 15 is 0 Å². The molecular formula is C12H10N3O4PS2. The number of nitrogens with zero attached hydrogens (tertiary/aromatic N) is 1. The highest BCUT2D eigenvalue weighted by atomic mass is 32.2. The molecule has 0 aromatic carbocycles. The molecule has 3 aromatic rings. The molecule has 0 unspecified atom stereocenters. The maximum absolute atomic E-state index is 11.6. The van der Waals surface area contributed by atoms with E-state index in [4.69, 9.17) is 9.79 Å². The van der Waals surface area contributed by atoms with Crippen molar-refractivity contribution in [2.75, 3.05) is 0 Å². The Morgan fingerprint density at radius 1 is 1.36 bits per heavy atom. The first-order valence-corrected chi connectivity index (χ1v) is 9.36. The number of aromatic nitrogens is 3. The summed E-state index contributed by atoms with van der Waals surface area (Å²) in [4.78, 5) is 39.7. The first-order valence-electron chi connectivity index (χ1n) is 5.98. The van der Waals surface area contributed by atoms with Crippen molar-refractivity contribution in [1.29, 1.82) is 0 Å². The number of aromatic amines is 2. The Kier molecular flexibility index (Phi) is 4.07. The van der Waals surface area contributed by atoms with Crippen molar-refractivity contribution in [2.24, 2.45) is 0 Å². The molecule has 0 atom stereocenters. The molecule has 4 N–H and O–H groups in total. The van der Waals surface area contributed by atoms with Crippen LogP contribution in [0.15, 0.2) is 43.7 Å². The Balaban J connectivity index is 1.95. The Hall–Kier alpha value is -1.64. The van der Waals surface area contributed by atoms with Gasteiger partial charge in [-0.15, -0.1) is 11.3 Å². The standard InChI is InChI=1S/C12H10N3O4PS2/c16-11-10-9(14-6-15-11)8(5-13-10)22-12-7(2-4-21-12)1-3-20(17,18)19/h1-6,13H,(H,14,15,16)(H2,17,18,19)/b3-1+. The van der Waals surface area contributed by atoms with Crippen molar-refractivity contribution in [3.8, 4) is 0 Å². The normalized spacial score (nSPS) is 12.5. The SMILES string of the molecule is O=c1[nH]cnc2c(Sc3sccc3/C=C/P(=O)(O)O)c[nH]c12. The van der Waals surface area contributed by atoms with Gasteiger partial charge in [0.05, 0.1) is 15.4 Å². The van der Waals surface area contributed by atoms with Gasteiger partial charge in [0, 0.05) is 12.0 Å². The summed E-state index contributed by atoms with van der Waals surface area (Å²) in [7, 11) is -4.19. The summed E-state index contributed by atoms with van der Waals surface area (Å²) < 4.78 is 11.8. The minimum Gasteiger partial charge on any atom is -0.354 e. The fourth-order valence-corrected chi connectivity index (χ4v) is 4.21. The van der Waals surface area contributed by atoms with E-state index in [0.29, 0.717) is 16.6 Å². The lowest BCUT2D eigenvalue weighted by atomic mass is 10.3. The van der Waals surface area contributed by atoms with Crippen molar-refractivity contribution in [2.45, 2.75) is 9.10 Å². The lowest BCUT2D eigenvalue weighted by molar-refractivity contribution is 0.386. The van der Waals surface area contributed by atoms with Gasteiger partial charge in [0.2, 0.25) is 0 Å². The van der Waals surface area contributed by atoms with E-state index in [1.165, 1.54) is 35.5 Å². The van der Waals surface area contributed by atoms with E-state index in [0.717, 1.165) is 14.9 Å². The van der Waals surface area contributed by atoms with Gasteiger partial charge in [-0.05, 0) is 23.1 Å². The number of nitrogens with one attached hydrogen (secondary N) is 2. The van der Waals surface area contributed by atoms with E-state index < -0.39 is 7.60 Å². The molecular weight excluding hydrogens is 345 g/mol. The van der Waals surface area contributed by atoms with Gasteiger partial charge >= 0.3 is 7.60 Å². The molecule has 0 fully saturated rings. The van der Waals surface area contributed by atoms with Crippen LogP contribution in [0.5, 0.6) is 0 Å². The van der Waals surface area contributed by atoms with E-state index in [2.05, 4.69) is 15.0 Å². The van der Waals surface area contributed by atoms with Crippen LogP contribution in [0.2, 0.25) is 0 Å². The van der Waals surface area contributed by atoms with Crippen molar-refractivity contribution in [1.82, 2.24) is 15.0 Å². The second kappa shape index (κ2) is 5.86. The van der Waals surface area contributed by atoms with E-state index in [-0.39, 0.29) is 5.56 Å². The molecule has 22 heavy (non-hydrogen) atoms. The largest absolute Gasteiger partial charge is 0.354 e. The number of rotatable bonds is 4. The zero-order valence-corrected chi connectivity index (χ0v) is 13.4. The second-order valence-corrected chi connectivity index (χ2v) is 7.98. The summed E-state index contributed by atoms with van der Waals surface area (Å²) in [5, 5.41) is 1.83. The van der Waals surface area contributed by atoms with Crippen LogP contribution in [-0.4, -0.2) is 24.7 Å². The molecule has 0 aliphatic rings. The first-order chi connectivity index (χ1) is 10.4. The molecule has 114 valence electrons. The van der Waals surface area contributed by atoms with Crippen LogP contribution in [-0.2, 0) is 4.57 Å². The summed E-state index contributed by atoms with van der Waals surface area (Å²) >= 11 is 2.83. The summed E-state index contributed by atoms with van der Waals surface area (Å²) in [5.74, 6) is 0.872. The number of thiophene rings is 1. The van der Waals surface area contributed by atoms with Crippen molar-refractivity contribution in [3.05, 3.63) is 45.7 Å². The predicted molar refractivity (Wildman–Crippen MR) is 86.2 cm³/mol. The van der Waals surface area contributed by atoms with Crippen molar-refractivity contribution in [3.63, 3.8) is 0 Å². The minimum atomic E-state index is -4.19. The highest BCUT2D eigenvalue weighted by molar-refractivity contribution is 8.01. The van der Waals surface area contributed by atoms with E-state index in [1.54, 1.807) is 12.3 Å². The van der Waals surface area contributed by atoms with Crippen LogP contribution in [0.3, 0.4) is 0 Å². The average molecular weight is 355 g/mol. The maximum atomic E-state index is 11.6. The van der Waals surface area contributed by atoms with Gasteiger partial charge in [-0.1, -0.05) is 11.8 Å². The summed E-state index contributed by atoms with van der Waals surface area (Å²) in [6.45, 7) is 0. The topological polar surface area (TPSA) is 119 Å². The fraction of sp³-hybridized carbons (Fsp3) is 0. The summed E-state index contributed by atoms with van der Waals surface area (Å²) in [6.07, 6.45) is 4.42.